The summed E-state index contributed by atoms with van der Waals surface area (Å²) in [5.41, 5.74) is 1.91. The molecule has 0 unspecified atom stereocenters. The highest BCUT2D eigenvalue weighted by Gasteiger charge is 2.63. The topological polar surface area (TPSA) is 38.7 Å². The Morgan fingerprint density at radius 1 is 0.952 bits per heavy atom. The standard InChI is InChI=1S/C18H16O3/c19-17(14-9-5-2-6-10-14)18-15(11-12-20-18)16(21-18)13-7-3-1-4-8-13/h1-12,15-17,19H/t15-,16-,17-,18-/m1/s1. The van der Waals surface area contributed by atoms with E-state index >= 15 is 0 Å². The molecule has 2 aromatic rings. The van der Waals surface area contributed by atoms with Crippen molar-refractivity contribution in [3.05, 3.63) is 84.1 Å². The van der Waals surface area contributed by atoms with E-state index in [0.717, 1.165) is 11.1 Å². The average Bonchev–Trinajstić information content (AvgIpc) is 2.86. The van der Waals surface area contributed by atoms with Crippen LogP contribution in [0.5, 0.6) is 0 Å². The molecule has 2 heterocycles. The molecule has 0 radical (unpaired) electrons. The summed E-state index contributed by atoms with van der Waals surface area (Å²) >= 11 is 0. The second-order valence-corrected chi connectivity index (χ2v) is 5.46. The van der Waals surface area contributed by atoms with Crippen molar-refractivity contribution in [3.63, 3.8) is 0 Å². The fraction of sp³-hybridized carbons (Fsp3) is 0.222. The van der Waals surface area contributed by atoms with Crippen LogP contribution in [0.2, 0.25) is 0 Å². The van der Waals surface area contributed by atoms with E-state index < -0.39 is 11.9 Å². The van der Waals surface area contributed by atoms with Crippen molar-refractivity contribution in [3.8, 4) is 0 Å². The number of aliphatic hydroxyl groups excluding tert-OH is 1. The van der Waals surface area contributed by atoms with Gasteiger partial charge in [0.2, 0.25) is 5.79 Å². The van der Waals surface area contributed by atoms with Gasteiger partial charge in [-0.15, -0.1) is 0 Å². The number of ether oxygens (including phenoxy) is 2. The van der Waals surface area contributed by atoms with Crippen LogP contribution >= 0.6 is 0 Å². The van der Waals surface area contributed by atoms with Crippen LogP contribution in [0.1, 0.15) is 23.3 Å². The van der Waals surface area contributed by atoms with Gasteiger partial charge in [-0.3, -0.25) is 0 Å². The summed E-state index contributed by atoms with van der Waals surface area (Å²) in [7, 11) is 0. The molecule has 1 N–H and O–H groups in total. The molecular weight excluding hydrogens is 264 g/mol. The SMILES string of the molecule is O[C@H](c1ccccc1)[C@@]12OC=C[C@@H]1[C@@H](c1ccccc1)O2. The summed E-state index contributed by atoms with van der Waals surface area (Å²) in [5, 5.41) is 10.7. The first kappa shape index (κ1) is 12.6. The minimum absolute atomic E-state index is 0.0232. The highest BCUT2D eigenvalue weighted by molar-refractivity contribution is 5.30. The molecule has 0 spiro atoms. The third-order valence-corrected chi connectivity index (χ3v) is 4.26. The minimum atomic E-state index is -0.984. The highest BCUT2D eigenvalue weighted by Crippen LogP contribution is 2.58. The molecule has 3 heteroatoms. The first-order valence-corrected chi connectivity index (χ1v) is 7.11. The van der Waals surface area contributed by atoms with Crippen LogP contribution < -0.4 is 0 Å². The van der Waals surface area contributed by atoms with Gasteiger partial charge < -0.3 is 14.6 Å². The van der Waals surface area contributed by atoms with E-state index in [9.17, 15) is 5.11 Å². The maximum Gasteiger partial charge on any atom is 0.249 e. The Hall–Kier alpha value is -2.10. The minimum Gasteiger partial charge on any atom is -0.466 e. The molecule has 0 bridgehead atoms. The van der Waals surface area contributed by atoms with Crippen LogP contribution in [0, 0.1) is 5.92 Å². The van der Waals surface area contributed by atoms with Gasteiger partial charge in [0.1, 0.15) is 6.10 Å². The van der Waals surface area contributed by atoms with Crippen molar-refractivity contribution in [1.29, 1.82) is 0 Å². The molecule has 106 valence electrons. The number of hydrogen-bond acceptors (Lipinski definition) is 3. The first-order chi connectivity index (χ1) is 10.3. The quantitative estimate of drug-likeness (QED) is 0.937. The first-order valence-electron chi connectivity index (χ1n) is 7.11. The van der Waals surface area contributed by atoms with Crippen molar-refractivity contribution in [2.75, 3.05) is 0 Å². The van der Waals surface area contributed by atoms with E-state index in [2.05, 4.69) is 0 Å². The van der Waals surface area contributed by atoms with Gasteiger partial charge in [0, 0.05) is 0 Å². The van der Waals surface area contributed by atoms with E-state index in [0.29, 0.717) is 0 Å². The van der Waals surface area contributed by atoms with Gasteiger partial charge in [-0.2, -0.15) is 0 Å². The Labute approximate surface area is 123 Å². The summed E-state index contributed by atoms with van der Waals surface area (Å²) < 4.78 is 11.7. The largest absolute Gasteiger partial charge is 0.466 e. The Balaban J connectivity index is 1.62. The second kappa shape index (κ2) is 4.72. The fourth-order valence-corrected chi connectivity index (χ4v) is 3.16. The summed E-state index contributed by atoms with van der Waals surface area (Å²) in [4.78, 5) is 0. The zero-order valence-corrected chi connectivity index (χ0v) is 11.4. The van der Waals surface area contributed by atoms with Crippen LogP contribution in [0.4, 0.5) is 0 Å². The molecule has 0 saturated carbocycles. The molecule has 1 fully saturated rings. The van der Waals surface area contributed by atoms with Gasteiger partial charge in [0.25, 0.3) is 0 Å². The van der Waals surface area contributed by atoms with E-state index in [-0.39, 0.29) is 12.0 Å². The van der Waals surface area contributed by atoms with E-state index in [1.807, 2.05) is 66.7 Å². The lowest BCUT2D eigenvalue weighted by molar-refractivity contribution is -0.381. The number of rotatable bonds is 3. The smallest absolute Gasteiger partial charge is 0.249 e. The lowest BCUT2D eigenvalue weighted by atomic mass is 9.78. The van der Waals surface area contributed by atoms with Crippen molar-refractivity contribution < 1.29 is 14.6 Å². The summed E-state index contributed by atoms with van der Waals surface area (Å²) in [6, 6.07) is 19.5. The lowest BCUT2D eigenvalue weighted by Gasteiger charge is -2.51. The molecule has 3 nitrogen and oxygen atoms in total. The molecule has 0 amide bonds. The predicted molar refractivity (Wildman–Crippen MR) is 78.1 cm³/mol. The highest BCUT2D eigenvalue weighted by atomic mass is 16.7. The fourth-order valence-electron chi connectivity index (χ4n) is 3.16. The van der Waals surface area contributed by atoms with Gasteiger partial charge in [0.05, 0.1) is 18.3 Å². The van der Waals surface area contributed by atoms with Crippen molar-refractivity contribution >= 4 is 0 Å². The molecule has 2 aliphatic rings. The third kappa shape index (κ3) is 1.82. The zero-order valence-electron chi connectivity index (χ0n) is 11.4. The van der Waals surface area contributed by atoms with Gasteiger partial charge in [0.15, 0.2) is 0 Å². The second-order valence-electron chi connectivity index (χ2n) is 5.46. The molecule has 4 rings (SSSR count). The molecule has 2 aliphatic heterocycles. The maximum atomic E-state index is 10.7. The van der Waals surface area contributed by atoms with Crippen LogP contribution in [0.25, 0.3) is 0 Å². The van der Waals surface area contributed by atoms with Crippen LogP contribution in [-0.4, -0.2) is 10.9 Å². The maximum absolute atomic E-state index is 10.7. The van der Waals surface area contributed by atoms with E-state index in [4.69, 9.17) is 9.47 Å². The molecule has 21 heavy (non-hydrogen) atoms. The molecule has 2 aromatic carbocycles. The van der Waals surface area contributed by atoms with E-state index in [1.165, 1.54) is 0 Å². The predicted octanol–water partition coefficient (Wildman–Crippen LogP) is 3.35. The monoisotopic (exact) mass is 280 g/mol. The van der Waals surface area contributed by atoms with Gasteiger partial charge in [-0.1, -0.05) is 60.7 Å². The molecule has 0 aromatic heterocycles. The summed E-state index contributed by atoms with van der Waals surface area (Å²) in [5.74, 6) is -0.961. The van der Waals surface area contributed by atoms with Crippen LogP contribution in [-0.2, 0) is 9.47 Å². The Morgan fingerprint density at radius 3 is 2.33 bits per heavy atom. The van der Waals surface area contributed by atoms with E-state index in [1.54, 1.807) is 6.26 Å². The number of hydrogen-bond donors (Lipinski definition) is 1. The molecular formula is C18H16O3. The Bertz CT molecular complexity index is 653. The average molecular weight is 280 g/mol. The van der Waals surface area contributed by atoms with Crippen molar-refractivity contribution in [2.24, 2.45) is 5.92 Å². The van der Waals surface area contributed by atoms with Crippen molar-refractivity contribution in [2.45, 2.75) is 18.0 Å². The third-order valence-electron chi connectivity index (χ3n) is 4.26. The molecule has 4 atom stereocenters. The number of benzene rings is 2. The van der Waals surface area contributed by atoms with Gasteiger partial charge in [-0.25, -0.2) is 0 Å². The normalized spacial score (nSPS) is 31.1. The summed E-state index contributed by atoms with van der Waals surface area (Å²) in [6.45, 7) is 0. The van der Waals surface area contributed by atoms with Crippen molar-refractivity contribution in [1.82, 2.24) is 0 Å². The van der Waals surface area contributed by atoms with Crippen LogP contribution in [0.15, 0.2) is 73.0 Å². The lowest BCUT2D eigenvalue weighted by Crippen LogP contribution is -2.57. The van der Waals surface area contributed by atoms with Gasteiger partial charge in [-0.05, 0) is 17.2 Å². The molecule has 0 aliphatic carbocycles. The number of aliphatic hydroxyl groups is 1. The Kier molecular flexibility index (Phi) is 2.84. The number of fused-ring (bicyclic) bond motifs is 1. The van der Waals surface area contributed by atoms with Gasteiger partial charge >= 0.3 is 0 Å². The zero-order chi connectivity index (χ0) is 14.3. The molecule has 1 saturated heterocycles. The summed E-state index contributed by atoms with van der Waals surface area (Å²) in [6.07, 6.45) is 2.74. The van der Waals surface area contributed by atoms with Crippen LogP contribution in [0.3, 0.4) is 0 Å². The Morgan fingerprint density at radius 2 is 1.62 bits per heavy atom.